The normalized spacial score (nSPS) is 16.0. The molecule has 1 saturated heterocycles. The summed E-state index contributed by atoms with van der Waals surface area (Å²) in [5, 5.41) is 30.2. The van der Waals surface area contributed by atoms with Crippen LogP contribution in [0.15, 0.2) is 42.6 Å². The molecule has 36 heavy (non-hydrogen) atoms. The van der Waals surface area contributed by atoms with Crippen molar-refractivity contribution in [3.8, 4) is 17.6 Å². The molecule has 2 heterocycles. The molecule has 1 aliphatic rings. The second-order valence-corrected chi connectivity index (χ2v) is 8.93. The van der Waals surface area contributed by atoms with Crippen molar-refractivity contribution in [2.24, 2.45) is 0 Å². The number of aromatic nitrogens is 2. The van der Waals surface area contributed by atoms with Crippen molar-refractivity contribution < 1.29 is 14.2 Å². The van der Waals surface area contributed by atoms with E-state index in [1.54, 1.807) is 31.5 Å². The molecule has 3 aromatic rings. The maximum absolute atomic E-state index is 9.47. The van der Waals surface area contributed by atoms with Gasteiger partial charge in [-0.2, -0.15) is 15.5 Å². The van der Waals surface area contributed by atoms with Gasteiger partial charge in [0.1, 0.15) is 23.8 Å². The number of rotatable bonds is 8. The van der Waals surface area contributed by atoms with Crippen LogP contribution in [0.25, 0.3) is 0 Å². The Hall–Kier alpha value is -3.96. The lowest BCUT2D eigenvalue weighted by molar-refractivity contribution is 0.0343. The van der Waals surface area contributed by atoms with E-state index < -0.39 is 0 Å². The van der Waals surface area contributed by atoms with Crippen LogP contribution in [0.3, 0.4) is 0 Å². The average Bonchev–Trinajstić information content (AvgIpc) is 2.89. The van der Waals surface area contributed by atoms with E-state index in [1.165, 1.54) is 0 Å². The molecule has 0 aliphatic carbocycles. The van der Waals surface area contributed by atoms with Gasteiger partial charge in [-0.15, -0.1) is 0 Å². The molecule has 0 amide bonds. The monoisotopic (exact) mass is 485 g/mol. The van der Waals surface area contributed by atoms with Gasteiger partial charge in [0.2, 0.25) is 0 Å². The number of nitrogens with one attached hydrogen (secondary N) is 2. The fourth-order valence-corrected chi connectivity index (χ4v) is 4.53. The molecule has 2 aromatic carbocycles. The van der Waals surface area contributed by atoms with Gasteiger partial charge in [0.05, 0.1) is 36.3 Å². The molecule has 186 valence electrons. The number of methoxy groups -OCH3 is 1. The molecule has 0 saturated carbocycles. The lowest BCUT2D eigenvalue weighted by Gasteiger charge is -2.26. The summed E-state index contributed by atoms with van der Waals surface area (Å²) < 4.78 is 17.6. The predicted molar refractivity (Wildman–Crippen MR) is 138 cm³/mol. The molecule has 8 heteroatoms. The van der Waals surface area contributed by atoms with E-state index in [-0.39, 0.29) is 18.0 Å². The minimum absolute atomic E-state index is 0.121. The van der Waals surface area contributed by atoms with Crippen molar-refractivity contribution in [1.29, 1.82) is 10.7 Å². The van der Waals surface area contributed by atoms with E-state index in [0.717, 1.165) is 41.8 Å². The molecule has 0 spiro atoms. The fraction of sp³-hybridized carbons (Fsp3) is 0.357. The van der Waals surface area contributed by atoms with Gasteiger partial charge in [0.25, 0.3) is 0 Å². The van der Waals surface area contributed by atoms with Crippen LogP contribution in [0.4, 0.5) is 5.69 Å². The van der Waals surface area contributed by atoms with Gasteiger partial charge in [-0.05, 0) is 82.0 Å². The number of aryl methyl sites for hydroxylation is 2. The first-order chi connectivity index (χ1) is 17.4. The first kappa shape index (κ1) is 25.1. The molecule has 1 fully saturated rings. The number of ether oxygens (including phenoxy) is 3. The van der Waals surface area contributed by atoms with E-state index in [4.69, 9.17) is 19.6 Å². The maximum Gasteiger partial charge on any atom is 0.127 e. The Morgan fingerprint density at radius 2 is 2.03 bits per heavy atom. The van der Waals surface area contributed by atoms with Crippen LogP contribution >= 0.6 is 0 Å². The Labute approximate surface area is 211 Å². The van der Waals surface area contributed by atoms with E-state index in [0.29, 0.717) is 34.8 Å². The average molecular weight is 486 g/mol. The van der Waals surface area contributed by atoms with Gasteiger partial charge in [0, 0.05) is 29.0 Å². The maximum atomic E-state index is 9.47. The molecule has 1 aromatic heterocycles. The predicted octanol–water partition coefficient (Wildman–Crippen LogP) is 5.47. The molecule has 0 bridgehead atoms. The van der Waals surface area contributed by atoms with E-state index in [2.05, 4.69) is 21.6 Å². The summed E-state index contributed by atoms with van der Waals surface area (Å²) in [7, 11) is 1.55. The van der Waals surface area contributed by atoms with Crippen LogP contribution in [0.5, 0.6) is 11.5 Å². The van der Waals surface area contributed by atoms with Gasteiger partial charge in [-0.25, -0.2) is 0 Å². The quantitative estimate of drug-likeness (QED) is 0.407. The Morgan fingerprint density at radius 1 is 1.19 bits per heavy atom. The summed E-state index contributed by atoms with van der Waals surface area (Å²) >= 11 is 0. The number of hydrogen-bond acceptors (Lipinski definition) is 8. The van der Waals surface area contributed by atoms with Gasteiger partial charge in [-0.1, -0.05) is 0 Å². The number of benzene rings is 2. The van der Waals surface area contributed by atoms with Crippen LogP contribution < -0.4 is 14.8 Å². The summed E-state index contributed by atoms with van der Waals surface area (Å²) in [5.74, 6) is 1.15. The third-order valence-electron chi connectivity index (χ3n) is 6.31. The topological polar surface area (TPSA) is 113 Å². The highest BCUT2D eigenvalue weighted by Crippen LogP contribution is 2.31. The Kier molecular flexibility index (Phi) is 7.81. The zero-order valence-corrected chi connectivity index (χ0v) is 21.1. The molecule has 2 atom stereocenters. The lowest BCUT2D eigenvalue weighted by Crippen LogP contribution is -2.28. The summed E-state index contributed by atoms with van der Waals surface area (Å²) in [6, 6.07) is 12.9. The van der Waals surface area contributed by atoms with Crippen LogP contribution in [0.1, 0.15) is 65.8 Å². The second kappa shape index (κ2) is 11.2. The highest BCUT2D eigenvalue weighted by atomic mass is 16.5. The summed E-state index contributed by atoms with van der Waals surface area (Å²) in [5.41, 5.74) is 5.49. The molecule has 1 aliphatic heterocycles. The van der Waals surface area contributed by atoms with Crippen molar-refractivity contribution in [2.45, 2.75) is 52.4 Å². The molecular formula is C28H31N5O3. The van der Waals surface area contributed by atoms with Crippen LogP contribution in [0, 0.1) is 30.6 Å². The molecule has 4 rings (SSSR count). The fourth-order valence-electron chi connectivity index (χ4n) is 4.53. The number of nitrogens with zero attached hydrogens (tertiary/aromatic N) is 3. The van der Waals surface area contributed by atoms with Crippen molar-refractivity contribution >= 4 is 11.4 Å². The zero-order valence-electron chi connectivity index (χ0n) is 21.1. The number of nitriles is 1. The summed E-state index contributed by atoms with van der Waals surface area (Å²) in [6.45, 7) is 6.60. The third-order valence-corrected chi connectivity index (χ3v) is 6.31. The molecule has 1 unspecified atom stereocenters. The zero-order chi connectivity index (χ0) is 25.7. The van der Waals surface area contributed by atoms with Gasteiger partial charge in [0.15, 0.2) is 0 Å². The van der Waals surface area contributed by atoms with Crippen LogP contribution in [-0.4, -0.2) is 35.9 Å². The second-order valence-electron chi connectivity index (χ2n) is 8.93. The van der Waals surface area contributed by atoms with Crippen molar-refractivity contribution in [2.75, 3.05) is 19.0 Å². The highest BCUT2D eigenvalue weighted by Gasteiger charge is 2.20. The third kappa shape index (κ3) is 5.64. The van der Waals surface area contributed by atoms with Gasteiger partial charge in [-0.3, -0.25) is 5.41 Å². The Bertz CT molecular complexity index is 1270. The Morgan fingerprint density at radius 3 is 2.72 bits per heavy atom. The number of hydrogen-bond donors (Lipinski definition) is 2. The molecular weight excluding hydrogens is 454 g/mol. The van der Waals surface area contributed by atoms with Crippen LogP contribution in [-0.2, 0) is 4.74 Å². The SMILES string of the molecule is COc1cc(C#N)cc(C(=N)c2cc(O[C@H](C)c3c(C)cnnc3C)ccc2NC2CCCCO2)c1. The molecule has 2 N–H and O–H groups in total. The highest BCUT2D eigenvalue weighted by molar-refractivity contribution is 6.14. The van der Waals surface area contributed by atoms with Crippen LogP contribution in [0.2, 0.25) is 0 Å². The molecule has 8 nitrogen and oxygen atoms in total. The van der Waals surface area contributed by atoms with E-state index in [9.17, 15) is 5.26 Å². The summed E-state index contributed by atoms with van der Waals surface area (Å²) in [6.07, 6.45) is 4.39. The van der Waals surface area contributed by atoms with E-state index >= 15 is 0 Å². The largest absolute Gasteiger partial charge is 0.497 e. The standard InChI is InChI=1S/C28H31N5O3/c1-17-16-31-33-18(2)27(17)19(3)36-22-8-9-25(32-26-7-5-6-10-35-26)24(14-22)28(30)21-11-20(15-29)12-23(13-21)34-4/h8-9,11-14,16,19,26,30,32H,5-7,10H2,1-4H3/t19-,26?/m1/s1. The van der Waals surface area contributed by atoms with Gasteiger partial charge < -0.3 is 19.5 Å². The minimum Gasteiger partial charge on any atom is -0.497 e. The smallest absolute Gasteiger partial charge is 0.127 e. The molecule has 0 radical (unpaired) electrons. The van der Waals surface area contributed by atoms with E-state index in [1.807, 2.05) is 39.0 Å². The first-order valence-corrected chi connectivity index (χ1v) is 12.1. The first-order valence-electron chi connectivity index (χ1n) is 12.1. The van der Waals surface area contributed by atoms with Crippen molar-refractivity contribution in [3.63, 3.8) is 0 Å². The summed E-state index contributed by atoms with van der Waals surface area (Å²) in [4.78, 5) is 0. The minimum atomic E-state index is -0.259. The van der Waals surface area contributed by atoms with Crippen molar-refractivity contribution in [1.82, 2.24) is 10.2 Å². The van der Waals surface area contributed by atoms with Crippen molar-refractivity contribution in [3.05, 3.63) is 76.1 Å². The number of anilines is 1. The Balaban J connectivity index is 1.71. The lowest BCUT2D eigenvalue weighted by atomic mass is 9.98. The van der Waals surface area contributed by atoms with Gasteiger partial charge >= 0.3 is 0 Å².